The van der Waals surface area contributed by atoms with Gasteiger partial charge in [-0.1, -0.05) is 19.3 Å². The van der Waals surface area contributed by atoms with E-state index >= 15 is 0 Å². The van der Waals surface area contributed by atoms with Crippen molar-refractivity contribution in [3.63, 3.8) is 0 Å². The fourth-order valence-corrected chi connectivity index (χ4v) is 2.72. The Hall–Kier alpha value is -1.55. The molecule has 0 saturated heterocycles. The summed E-state index contributed by atoms with van der Waals surface area (Å²) in [6, 6.07) is 6.10. The van der Waals surface area contributed by atoms with E-state index in [1.54, 1.807) is 6.07 Å². The number of carbonyl (C=O) groups excluding carboxylic acids is 1. The van der Waals surface area contributed by atoms with E-state index in [1.807, 2.05) is 19.1 Å². The minimum absolute atomic E-state index is 0.0357. The molecule has 0 heterocycles. The molecule has 1 aliphatic carbocycles. The Morgan fingerprint density at radius 1 is 1.30 bits per heavy atom. The quantitative estimate of drug-likeness (QED) is 0.723. The molecule has 0 aliphatic heterocycles. The molecule has 4 nitrogen and oxygen atoms in total. The highest BCUT2D eigenvalue weighted by atomic mass is 16.1. The summed E-state index contributed by atoms with van der Waals surface area (Å²) < 4.78 is 0. The number of benzene rings is 1. The average Bonchev–Trinajstić information content (AvgIpc) is 2.47. The normalized spacial score (nSPS) is 16.1. The summed E-state index contributed by atoms with van der Waals surface area (Å²) in [5.41, 5.74) is 8.45. The molecule has 0 unspecified atom stereocenters. The largest absolute Gasteiger partial charge is 0.398 e. The van der Waals surface area contributed by atoms with Crippen LogP contribution >= 0.6 is 0 Å². The second-order valence-corrected chi connectivity index (χ2v) is 5.49. The van der Waals surface area contributed by atoms with Crippen molar-refractivity contribution < 1.29 is 4.79 Å². The molecule has 1 amide bonds. The monoisotopic (exact) mass is 275 g/mol. The molecule has 4 heteroatoms. The van der Waals surface area contributed by atoms with Gasteiger partial charge in [0.1, 0.15) is 0 Å². The Bertz CT molecular complexity index is 453. The average molecular weight is 275 g/mol. The summed E-state index contributed by atoms with van der Waals surface area (Å²) in [6.45, 7) is 3.29. The van der Waals surface area contributed by atoms with Crippen LogP contribution in [-0.2, 0) is 6.54 Å². The minimum Gasteiger partial charge on any atom is -0.398 e. The number of hydrogen-bond acceptors (Lipinski definition) is 3. The predicted molar refractivity (Wildman–Crippen MR) is 82.6 cm³/mol. The molecule has 1 aromatic carbocycles. The van der Waals surface area contributed by atoms with Gasteiger partial charge in [-0.3, -0.25) is 4.79 Å². The van der Waals surface area contributed by atoms with Crippen molar-refractivity contribution in [2.45, 2.75) is 51.6 Å². The van der Waals surface area contributed by atoms with E-state index in [2.05, 4.69) is 10.6 Å². The van der Waals surface area contributed by atoms with E-state index in [1.165, 1.54) is 32.1 Å². The molecule has 0 aromatic heterocycles. The summed E-state index contributed by atoms with van der Waals surface area (Å²) in [6.07, 6.45) is 6.47. The van der Waals surface area contributed by atoms with E-state index in [-0.39, 0.29) is 5.91 Å². The lowest BCUT2D eigenvalue weighted by Crippen LogP contribution is -2.31. The van der Waals surface area contributed by atoms with Gasteiger partial charge in [0.25, 0.3) is 5.91 Å². The van der Waals surface area contributed by atoms with Crippen molar-refractivity contribution in [3.05, 3.63) is 29.3 Å². The Morgan fingerprint density at radius 2 is 2.05 bits per heavy atom. The molecular formula is C16H25N3O. The zero-order valence-electron chi connectivity index (χ0n) is 12.2. The standard InChI is InChI=1S/C16H25N3O/c1-2-18-16(20)12-8-9-15(17)13(10-12)11-19-14-6-4-3-5-7-14/h8-10,14,19H,2-7,11,17H2,1H3,(H,18,20). The van der Waals surface area contributed by atoms with Gasteiger partial charge in [0.2, 0.25) is 0 Å². The zero-order valence-corrected chi connectivity index (χ0v) is 12.2. The van der Waals surface area contributed by atoms with Crippen LogP contribution < -0.4 is 16.4 Å². The van der Waals surface area contributed by atoms with Gasteiger partial charge in [-0.15, -0.1) is 0 Å². The van der Waals surface area contributed by atoms with Crippen LogP contribution in [0.4, 0.5) is 5.69 Å². The Morgan fingerprint density at radius 3 is 2.75 bits per heavy atom. The van der Waals surface area contributed by atoms with Crippen molar-refractivity contribution in [3.8, 4) is 0 Å². The molecule has 0 bridgehead atoms. The number of nitrogens with two attached hydrogens (primary N) is 1. The smallest absolute Gasteiger partial charge is 0.251 e. The molecule has 1 fully saturated rings. The van der Waals surface area contributed by atoms with Crippen LogP contribution in [0.25, 0.3) is 0 Å². The Kier molecular flexibility index (Phi) is 5.41. The molecule has 0 radical (unpaired) electrons. The summed E-state index contributed by atoms with van der Waals surface area (Å²) in [4.78, 5) is 11.8. The van der Waals surface area contributed by atoms with Gasteiger partial charge in [0.05, 0.1) is 0 Å². The first kappa shape index (κ1) is 14.9. The fourth-order valence-electron chi connectivity index (χ4n) is 2.72. The lowest BCUT2D eigenvalue weighted by molar-refractivity contribution is 0.0956. The lowest BCUT2D eigenvalue weighted by Gasteiger charge is -2.23. The van der Waals surface area contributed by atoms with Crippen molar-refractivity contribution in [2.75, 3.05) is 12.3 Å². The second kappa shape index (κ2) is 7.29. The number of rotatable bonds is 5. The molecule has 1 aromatic rings. The number of anilines is 1. The molecule has 110 valence electrons. The molecule has 0 atom stereocenters. The topological polar surface area (TPSA) is 67.2 Å². The molecule has 4 N–H and O–H groups in total. The van der Waals surface area contributed by atoms with Crippen LogP contribution in [0.5, 0.6) is 0 Å². The van der Waals surface area contributed by atoms with Crippen molar-refractivity contribution in [1.82, 2.24) is 10.6 Å². The van der Waals surface area contributed by atoms with E-state index in [0.29, 0.717) is 18.2 Å². The molecule has 1 aliphatic rings. The number of carbonyl (C=O) groups is 1. The number of amides is 1. The number of nitrogen functional groups attached to an aromatic ring is 1. The maximum absolute atomic E-state index is 11.8. The summed E-state index contributed by atoms with van der Waals surface area (Å²) in [5.74, 6) is -0.0357. The highest BCUT2D eigenvalue weighted by Gasteiger charge is 2.13. The first-order valence-corrected chi connectivity index (χ1v) is 7.60. The van der Waals surface area contributed by atoms with Crippen LogP contribution in [0.2, 0.25) is 0 Å². The number of hydrogen-bond donors (Lipinski definition) is 3. The summed E-state index contributed by atoms with van der Waals surface area (Å²) in [5, 5.41) is 6.38. The van der Waals surface area contributed by atoms with Crippen LogP contribution in [0.1, 0.15) is 54.9 Å². The fraction of sp³-hybridized carbons (Fsp3) is 0.562. The van der Waals surface area contributed by atoms with Gasteiger partial charge >= 0.3 is 0 Å². The van der Waals surface area contributed by atoms with Crippen molar-refractivity contribution >= 4 is 11.6 Å². The molecule has 2 rings (SSSR count). The molecule has 1 saturated carbocycles. The van der Waals surface area contributed by atoms with E-state index < -0.39 is 0 Å². The Labute approximate surface area is 121 Å². The minimum atomic E-state index is -0.0357. The third-order valence-corrected chi connectivity index (χ3v) is 3.93. The first-order valence-electron chi connectivity index (χ1n) is 7.60. The second-order valence-electron chi connectivity index (χ2n) is 5.49. The van der Waals surface area contributed by atoms with Gasteiger partial charge in [0.15, 0.2) is 0 Å². The van der Waals surface area contributed by atoms with Gasteiger partial charge in [-0.2, -0.15) is 0 Å². The highest BCUT2D eigenvalue weighted by Crippen LogP contribution is 2.19. The zero-order chi connectivity index (χ0) is 14.4. The van der Waals surface area contributed by atoms with Crippen LogP contribution in [0.15, 0.2) is 18.2 Å². The van der Waals surface area contributed by atoms with Gasteiger partial charge in [0, 0.05) is 30.4 Å². The van der Waals surface area contributed by atoms with Gasteiger partial charge in [-0.05, 0) is 43.5 Å². The molecule has 0 spiro atoms. The SMILES string of the molecule is CCNC(=O)c1ccc(N)c(CNC2CCCCC2)c1. The summed E-state index contributed by atoms with van der Waals surface area (Å²) in [7, 11) is 0. The van der Waals surface area contributed by atoms with Gasteiger partial charge < -0.3 is 16.4 Å². The third kappa shape index (κ3) is 3.97. The first-order chi connectivity index (χ1) is 9.70. The van der Waals surface area contributed by atoms with Gasteiger partial charge in [-0.25, -0.2) is 0 Å². The van der Waals surface area contributed by atoms with Crippen LogP contribution in [0, 0.1) is 0 Å². The lowest BCUT2D eigenvalue weighted by atomic mass is 9.95. The predicted octanol–water partition coefficient (Wildman–Crippen LogP) is 2.44. The number of nitrogens with one attached hydrogen (secondary N) is 2. The van der Waals surface area contributed by atoms with E-state index in [9.17, 15) is 4.79 Å². The van der Waals surface area contributed by atoms with E-state index in [4.69, 9.17) is 5.73 Å². The third-order valence-electron chi connectivity index (χ3n) is 3.93. The molecular weight excluding hydrogens is 250 g/mol. The summed E-state index contributed by atoms with van der Waals surface area (Å²) >= 11 is 0. The molecule has 20 heavy (non-hydrogen) atoms. The van der Waals surface area contributed by atoms with Crippen molar-refractivity contribution in [1.29, 1.82) is 0 Å². The van der Waals surface area contributed by atoms with Crippen molar-refractivity contribution in [2.24, 2.45) is 0 Å². The van der Waals surface area contributed by atoms with Crippen LogP contribution in [-0.4, -0.2) is 18.5 Å². The van der Waals surface area contributed by atoms with E-state index in [0.717, 1.165) is 17.8 Å². The van der Waals surface area contributed by atoms with Crippen LogP contribution in [0.3, 0.4) is 0 Å². The maximum Gasteiger partial charge on any atom is 0.251 e. The Balaban J connectivity index is 1.98. The highest BCUT2D eigenvalue weighted by molar-refractivity contribution is 5.94. The maximum atomic E-state index is 11.8.